The van der Waals surface area contributed by atoms with E-state index in [9.17, 15) is 22.4 Å². The van der Waals surface area contributed by atoms with Gasteiger partial charge in [-0.3, -0.25) is 20.4 Å². The first-order chi connectivity index (χ1) is 16.8. The number of carbonyl (C=O) groups is 2. The van der Waals surface area contributed by atoms with Gasteiger partial charge in [0.25, 0.3) is 11.8 Å². The van der Waals surface area contributed by atoms with Crippen LogP contribution in [0.3, 0.4) is 0 Å². The molecule has 2 N–H and O–H groups in total. The maximum Gasteiger partial charge on any atom is 0.290 e. The molecule has 4 rings (SSSR count). The molecule has 0 bridgehead atoms. The highest BCUT2D eigenvalue weighted by atomic mass is 32.2. The lowest BCUT2D eigenvalue weighted by Gasteiger charge is -2.18. The molecule has 0 fully saturated rings. The molecule has 2 amide bonds. The smallest absolute Gasteiger partial charge is 0.267 e. The summed E-state index contributed by atoms with van der Waals surface area (Å²) >= 11 is 0. The van der Waals surface area contributed by atoms with E-state index >= 15 is 0 Å². The number of benzene rings is 2. The van der Waals surface area contributed by atoms with Crippen LogP contribution in [0.25, 0.3) is 5.69 Å². The van der Waals surface area contributed by atoms with E-state index in [0.717, 1.165) is 24.1 Å². The largest absolute Gasteiger partial charge is 0.290 e. The number of aromatic nitrogens is 2. The zero-order valence-electron chi connectivity index (χ0n) is 19.4. The molecule has 0 aliphatic heterocycles. The first-order valence-corrected chi connectivity index (χ1v) is 12.8. The molecule has 184 valence electrons. The Bertz CT molecular complexity index is 1370. The summed E-state index contributed by atoms with van der Waals surface area (Å²) in [5.41, 5.74) is 7.27. The molecule has 1 aromatic heterocycles. The van der Waals surface area contributed by atoms with E-state index in [1.165, 1.54) is 40.7 Å². The molecule has 0 saturated carbocycles. The van der Waals surface area contributed by atoms with Crippen LogP contribution in [0.2, 0.25) is 0 Å². The Morgan fingerprint density at radius 3 is 2.40 bits per heavy atom. The fraction of sp³-hybridized carbons (Fsp3) is 0.292. The monoisotopic (exact) mass is 499 g/mol. The van der Waals surface area contributed by atoms with Crippen LogP contribution in [0.4, 0.5) is 4.39 Å². The van der Waals surface area contributed by atoms with Crippen LogP contribution >= 0.6 is 0 Å². The van der Waals surface area contributed by atoms with Gasteiger partial charge in [-0.15, -0.1) is 0 Å². The van der Waals surface area contributed by atoms with Crippen LogP contribution in [-0.2, 0) is 22.9 Å². The minimum Gasteiger partial charge on any atom is -0.267 e. The van der Waals surface area contributed by atoms with E-state index in [2.05, 4.69) is 16.0 Å². The van der Waals surface area contributed by atoms with Gasteiger partial charge in [0.05, 0.1) is 10.6 Å². The highest BCUT2D eigenvalue weighted by Gasteiger charge is 2.27. The van der Waals surface area contributed by atoms with Crippen LogP contribution in [0.5, 0.6) is 0 Å². The first-order valence-electron chi connectivity index (χ1n) is 11.3. The molecule has 3 aromatic rings. The number of amides is 2. The summed E-state index contributed by atoms with van der Waals surface area (Å²) in [6, 6.07) is 11.5. The van der Waals surface area contributed by atoms with Crippen molar-refractivity contribution in [2.24, 2.45) is 0 Å². The van der Waals surface area contributed by atoms with Crippen molar-refractivity contribution in [3.63, 3.8) is 0 Å². The van der Waals surface area contributed by atoms with E-state index in [0.29, 0.717) is 25.2 Å². The number of nitrogens with one attached hydrogen (secondary N) is 2. The van der Waals surface area contributed by atoms with Gasteiger partial charge in [-0.25, -0.2) is 17.5 Å². The first kappa shape index (κ1) is 24.6. The Morgan fingerprint density at radius 2 is 1.71 bits per heavy atom. The van der Waals surface area contributed by atoms with Crippen molar-refractivity contribution < 1.29 is 22.4 Å². The Balaban J connectivity index is 1.51. The number of nitrogens with zero attached hydrogens (tertiary/aromatic N) is 3. The number of rotatable bonds is 7. The molecule has 0 unspecified atom stereocenters. The Labute approximate surface area is 203 Å². The maximum absolute atomic E-state index is 13.3. The van der Waals surface area contributed by atoms with Gasteiger partial charge < -0.3 is 0 Å². The number of sulfonamides is 1. The highest BCUT2D eigenvalue weighted by molar-refractivity contribution is 7.89. The summed E-state index contributed by atoms with van der Waals surface area (Å²) in [6.45, 7) is 4.09. The third-order valence-electron chi connectivity index (χ3n) is 5.95. The second kappa shape index (κ2) is 9.96. The molecule has 35 heavy (non-hydrogen) atoms. The van der Waals surface area contributed by atoms with E-state index < -0.39 is 21.8 Å². The average molecular weight is 500 g/mol. The fourth-order valence-corrected chi connectivity index (χ4v) is 5.68. The number of hydrazine groups is 1. The zero-order valence-corrected chi connectivity index (χ0v) is 20.2. The van der Waals surface area contributed by atoms with E-state index in [1.807, 2.05) is 0 Å². The third-order valence-corrected chi connectivity index (χ3v) is 7.99. The Hall–Kier alpha value is -3.57. The number of hydrogen-bond acceptors (Lipinski definition) is 5. The molecule has 11 heteroatoms. The summed E-state index contributed by atoms with van der Waals surface area (Å²) < 4.78 is 41.8. The minimum atomic E-state index is -3.73. The summed E-state index contributed by atoms with van der Waals surface area (Å²) in [6.07, 6.45) is 2.25. The SMILES string of the molecule is CCN(CC)S(=O)(=O)c1cccc(C(=O)NNC(=O)c2nn(-c3ccc(F)cc3)c3c2CCC3)c1. The van der Waals surface area contributed by atoms with Crippen molar-refractivity contribution in [2.45, 2.75) is 38.0 Å². The van der Waals surface area contributed by atoms with Crippen molar-refractivity contribution in [1.82, 2.24) is 24.9 Å². The van der Waals surface area contributed by atoms with Crippen molar-refractivity contribution in [2.75, 3.05) is 13.1 Å². The standard InChI is InChI=1S/C24H26FN5O4S/c1-3-29(4-2)35(33,34)19-8-5-7-16(15-19)23(31)26-27-24(32)22-20-9-6-10-21(20)30(28-22)18-13-11-17(25)12-14-18/h5,7-8,11-15H,3-4,6,9-10H2,1-2H3,(H,26,31)(H,27,32). The van der Waals surface area contributed by atoms with Gasteiger partial charge in [0.1, 0.15) is 5.82 Å². The van der Waals surface area contributed by atoms with Crippen LogP contribution in [-0.4, -0.2) is 47.4 Å². The lowest BCUT2D eigenvalue weighted by Crippen LogP contribution is -2.42. The molecule has 1 heterocycles. The maximum atomic E-state index is 13.3. The quantitative estimate of drug-likeness (QED) is 0.485. The molecule has 1 aliphatic rings. The molecule has 0 spiro atoms. The van der Waals surface area contributed by atoms with Crippen molar-refractivity contribution in [3.05, 3.63) is 76.9 Å². The van der Waals surface area contributed by atoms with Crippen LogP contribution in [0.15, 0.2) is 53.4 Å². The molecular weight excluding hydrogens is 473 g/mol. The van der Waals surface area contributed by atoms with Gasteiger partial charge in [0.15, 0.2) is 5.69 Å². The number of hydrogen-bond donors (Lipinski definition) is 2. The van der Waals surface area contributed by atoms with E-state index in [4.69, 9.17) is 0 Å². The molecule has 9 nitrogen and oxygen atoms in total. The molecule has 0 atom stereocenters. The average Bonchev–Trinajstić information content (AvgIpc) is 3.47. The second-order valence-corrected chi connectivity index (χ2v) is 9.98. The van der Waals surface area contributed by atoms with Gasteiger partial charge in [-0.05, 0) is 61.7 Å². The normalized spacial score (nSPS) is 13.0. The Kier molecular flexibility index (Phi) is 6.99. The van der Waals surface area contributed by atoms with Gasteiger partial charge >= 0.3 is 0 Å². The number of fused-ring (bicyclic) bond motifs is 1. The predicted molar refractivity (Wildman–Crippen MR) is 127 cm³/mol. The van der Waals surface area contributed by atoms with Gasteiger partial charge in [-0.2, -0.15) is 9.40 Å². The molecule has 1 aliphatic carbocycles. The van der Waals surface area contributed by atoms with Crippen LogP contribution in [0, 0.1) is 5.82 Å². The van der Waals surface area contributed by atoms with E-state index in [-0.39, 0.29) is 22.0 Å². The number of carbonyl (C=O) groups excluding carboxylic acids is 2. The fourth-order valence-electron chi connectivity index (χ4n) is 4.17. The topological polar surface area (TPSA) is 113 Å². The molecule has 2 aromatic carbocycles. The highest BCUT2D eigenvalue weighted by Crippen LogP contribution is 2.28. The van der Waals surface area contributed by atoms with Gasteiger partial charge in [-0.1, -0.05) is 19.9 Å². The van der Waals surface area contributed by atoms with Crippen LogP contribution in [0.1, 0.15) is 52.4 Å². The molecule has 0 saturated heterocycles. The predicted octanol–water partition coefficient (Wildman–Crippen LogP) is 2.61. The van der Waals surface area contributed by atoms with Crippen molar-refractivity contribution >= 4 is 21.8 Å². The summed E-state index contributed by atoms with van der Waals surface area (Å²) in [5, 5.41) is 4.41. The zero-order chi connectivity index (χ0) is 25.2. The summed E-state index contributed by atoms with van der Waals surface area (Å²) in [5.74, 6) is -1.62. The second-order valence-electron chi connectivity index (χ2n) is 8.04. The third kappa shape index (κ3) is 4.82. The molecule has 0 radical (unpaired) electrons. The Morgan fingerprint density at radius 1 is 1.03 bits per heavy atom. The lowest BCUT2D eigenvalue weighted by atomic mass is 10.2. The lowest BCUT2D eigenvalue weighted by molar-refractivity contribution is 0.0843. The van der Waals surface area contributed by atoms with Gasteiger partial charge in [0.2, 0.25) is 10.0 Å². The molecular formula is C24H26FN5O4S. The van der Waals surface area contributed by atoms with Crippen LogP contribution < -0.4 is 10.9 Å². The van der Waals surface area contributed by atoms with Gasteiger partial charge in [0, 0.05) is 29.9 Å². The van der Waals surface area contributed by atoms with Crippen molar-refractivity contribution in [3.8, 4) is 5.69 Å². The number of halogens is 1. The summed E-state index contributed by atoms with van der Waals surface area (Å²) in [7, 11) is -3.73. The van der Waals surface area contributed by atoms with E-state index in [1.54, 1.807) is 30.7 Å². The van der Waals surface area contributed by atoms with Crippen molar-refractivity contribution in [1.29, 1.82) is 0 Å². The summed E-state index contributed by atoms with van der Waals surface area (Å²) in [4.78, 5) is 25.5. The minimum absolute atomic E-state index is 0.00367.